The maximum Gasteiger partial charge on any atom is 0.229 e. The Balaban J connectivity index is 2.02. The minimum Gasteiger partial charge on any atom is -0.403 e. The van der Waals surface area contributed by atoms with Gasteiger partial charge >= 0.3 is 0 Å². The third-order valence-corrected chi connectivity index (χ3v) is 5.14. The van der Waals surface area contributed by atoms with Crippen molar-refractivity contribution in [3.05, 3.63) is 47.6 Å². The average molecular weight is 439 g/mol. The fourth-order valence-electron chi connectivity index (χ4n) is 3.54. The topological polar surface area (TPSA) is 114 Å². The highest BCUT2D eigenvalue weighted by Gasteiger charge is 2.43. The SMILES string of the molecule is CN=C/C(=C\N)Nc1ncc2c(n1)N(c1cccc(CNC)n1)C[C@@]2(C)COC(C)(C)C. The monoisotopic (exact) mass is 438 g/mol. The molecular formula is C23H34N8O. The minimum absolute atomic E-state index is 0.246. The summed E-state index contributed by atoms with van der Waals surface area (Å²) in [5.74, 6) is 2.09. The molecule has 0 bridgehead atoms. The molecule has 0 unspecified atom stereocenters. The molecule has 0 aromatic carbocycles. The first kappa shape index (κ1) is 23.6. The van der Waals surface area contributed by atoms with Crippen LogP contribution in [-0.2, 0) is 16.7 Å². The highest BCUT2D eigenvalue weighted by molar-refractivity contribution is 5.82. The zero-order chi connectivity index (χ0) is 23.4. The van der Waals surface area contributed by atoms with E-state index >= 15 is 0 Å². The van der Waals surface area contributed by atoms with E-state index in [1.165, 1.54) is 6.20 Å². The molecule has 2 aromatic heterocycles. The van der Waals surface area contributed by atoms with Crippen molar-refractivity contribution in [2.24, 2.45) is 10.7 Å². The Morgan fingerprint density at radius 2 is 2.12 bits per heavy atom. The number of ether oxygens (including phenoxy) is 1. The lowest BCUT2D eigenvalue weighted by Crippen LogP contribution is -2.37. The van der Waals surface area contributed by atoms with E-state index in [9.17, 15) is 0 Å². The van der Waals surface area contributed by atoms with Gasteiger partial charge in [-0.05, 0) is 40.0 Å². The molecule has 32 heavy (non-hydrogen) atoms. The molecule has 9 heteroatoms. The molecule has 0 radical (unpaired) electrons. The lowest BCUT2D eigenvalue weighted by atomic mass is 9.87. The Labute approximate surface area is 190 Å². The Kier molecular flexibility index (Phi) is 7.10. The summed E-state index contributed by atoms with van der Waals surface area (Å²) < 4.78 is 6.19. The highest BCUT2D eigenvalue weighted by atomic mass is 16.5. The van der Waals surface area contributed by atoms with Crippen LogP contribution in [0.25, 0.3) is 0 Å². The van der Waals surface area contributed by atoms with Crippen LogP contribution >= 0.6 is 0 Å². The maximum absolute atomic E-state index is 6.19. The Hall–Kier alpha value is -3.04. The van der Waals surface area contributed by atoms with Crippen LogP contribution in [0.5, 0.6) is 0 Å². The molecule has 1 aliphatic heterocycles. The molecule has 0 spiro atoms. The second-order valence-electron chi connectivity index (χ2n) is 9.13. The van der Waals surface area contributed by atoms with Crippen molar-refractivity contribution in [2.75, 3.05) is 37.5 Å². The molecule has 0 saturated heterocycles. The van der Waals surface area contributed by atoms with Gasteiger partial charge in [-0.15, -0.1) is 0 Å². The fraction of sp³-hybridized carbons (Fsp3) is 0.478. The van der Waals surface area contributed by atoms with Crippen molar-refractivity contribution in [1.29, 1.82) is 0 Å². The summed E-state index contributed by atoms with van der Waals surface area (Å²) in [5.41, 5.74) is 7.76. The van der Waals surface area contributed by atoms with E-state index in [1.807, 2.05) is 31.4 Å². The van der Waals surface area contributed by atoms with Crippen molar-refractivity contribution < 1.29 is 4.74 Å². The molecular weight excluding hydrogens is 404 g/mol. The number of aromatic nitrogens is 3. The van der Waals surface area contributed by atoms with Gasteiger partial charge in [0.05, 0.1) is 23.6 Å². The molecule has 0 aliphatic carbocycles. The molecule has 0 saturated carbocycles. The zero-order valence-corrected chi connectivity index (χ0v) is 19.8. The Bertz CT molecular complexity index is 998. The van der Waals surface area contributed by atoms with E-state index in [4.69, 9.17) is 20.4 Å². The number of pyridine rings is 1. The summed E-state index contributed by atoms with van der Waals surface area (Å²) in [6, 6.07) is 6.03. The number of nitrogens with zero attached hydrogens (tertiary/aromatic N) is 5. The lowest BCUT2D eigenvalue weighted by molar-refractivity contribution is -0.0252. The number of aliphatic imine (C=N–C) groups is 1. The van der Waals surface area contributed by atoms with Crippen LogP contribution < -0.4 is 21.3 Å². The number of anilines is 3. The minimum atomic E-state index is -0.292. The van der Waals surface area contributed by atoms with Crippen molar-refractivity contribution in [1.82, 2.24) is 20.3 Å². The van der Waals surface area contributed by atoms with Crippen molar-refractivity contribution in [2.45, 2.75) is 45.3 Å². The van der Waals surface area contributed by atoms with Crippen molar-refractivity contribution >= 4 is 23.8 Å². The summed E-state index contributed by atoms with van der Waals surface area (Å²) >= 11 is 0. The number of allylic oxidation sites excluding steroid dienone is 1. The lowest BCUT2D eigenvalue weighted by Gasteiger charge is -2.30. The predicted octanol–water partition coefficient (Wildman–Crippen LogP) is 2.73. The molecule has 3 rings (SSSR count). The number of nitrogens with one attached hydrogen (secondary N) is 2. The van der Waals surface area contributed by atoms with E-state index in [2.05, 4.69) is 53.2 Å². The van der Waals surface area contributed by atoms with E-state index in [1.54, 1.807) is 13.3 Å². The van der Waals surface area contributed by atoms with Gasteiger partial charge in [-0.25, -0.2) is 9.97 Å². The second kappa shape index (κ2) is 9.62. The van der Waals surface area contributed by atoms with E-state index in [-0.39, 0.29) is 11.0 Å². The first-order chi connectivity index (χ1) is 15.2. The van der Waals surface area contributed by atoms with Crippen LogP contribution in [0.1, 0.15) is 39.0 Å². The van der Waals surface area contributed by atoms with Crippen LogP contribution in [-0.4, -0.2) is 54.0 Å². The van der Waals surface area contributed by atoms with Gasteiger partial charge in [-0.2, -0.15) is 4.98 Å². The predicted molar refractivity (Wildman–Crippen MR) is 129 cm³/mol. The van der Waals surface area contributed by atoms with Gasteiger partial charge in [-0.1, -0.05) is 13.0 Å². The fourth-order valence-corrected chi connectivity index (χ4v) is 3.54. The third kappa shape index (κ3) is 5.41. The largest absolute Gasteiger partial charge is 0.403 e. The van der Waals surface area contributed by atoms with E-state index < -0.39 is 0 Å². The van der Waals surface area contributed by atoms with Gasteiger partial charge in [0.1, 0.15) is 11.6 Å². The van der Waals surface area contributed by atoms with Crippen molar-refractivity contribution in [3.63, 3.8) is 0 Å². The normalized spacial score (nSPS) is 18.9. The molecule has 1 atom stereocenters. The summed E-state index contributed by atoms with van der Waals surface area (Å²) in [7, 11) is 3.59. The van der Waals surface area contributed by atoms with Crippen LogP contribution in [0.2, 0.25) is 0 Å². The first-order valence-electron chi connectivity index (χ1n) is 10.7. The van der Waals surface area contributed by atoms with Gasteiger partial charge < -0.3 is 26.0 Å². The number of nitrogens with two attached hydrogens (primary N) is 1. The van der Waals surface area contributed by atoms with Crippen LogP contribution in [0.3, 0.4) is 0 Å². The summed E-state index contributed by atoms with van der Waals surface area (Å²) in [5, 5.41) is 6.28. The van der Waals surface area contributed by atoms with Crippen LogP contribution in [0.15, 0.2) is 41.3 Å². The van der Waals surface area contributed by atoms with Gasteiger partial charge in [0, 0.05) is 49.7 Å². The second-order valence-corrected chi connectivity index (χ2v) is 9.13. The maximum atomic E-state index is 6.19. The van der Waals surface area contributed by atoms with Crippen molar-refractivity contribution in [3.8, 4) is 0 Å². The molecule has 4 N–H and O–H groups in total. The average Bonchev–Trinajstić information content (AvgIpc) is 3.05. The Morgan fingerprint density at radius 1 is 1.34 bits per heavy atom. The molecule has 1 aliphatic rings. The van der Waals surface area contributed by atoms with Gasteiger partial charge in [0.25, 0.3) is 0 Å². The number of fused-ring (bicyclic) bond motifs is 1. The standard InChI is InChI=1S/C23H34N8O/c1-22(2,3)32-15-23(4)14-31(19-9-7-8-16(28-19)11-25-5)20-18(23)13-27-21(30-20)29-17(10-24)12-26-6/h7-10,12-13,25H,11,14-15,24H2,1-6H3,(H,27,29,30)/b17-10+,26-12?/t23-/m0/s1. The quantitative estimate of drug-likeness (QED) is 0.539. The third-order valence-electron chi connectivity index (χ3n) is 5.14. The molecule has 2 aromatic rings. The van der Waals surface area contributed by atoms with E-state index in [0.29, 0.717) is 31.3 Å². The summed E-state index contributed by atoms with van der Waals surface area (Å²) in [6.45, 7) is 10.3. The van der Waals surface area contributed by atoms with Gasteiger partial charge in [0.2, 0.25) is 5.95 Å². The molecule has 172 valence electrons. The summed E-state index contributed by atoms with van der Waals surface area (Å²) in [6.07, 6.45) is 4.93. The zero-order valence-electron chi connectivity index (χ0n) is 19.8. The molecule has 0 fully saturated rings. The molecule has 3 heterocycles. The van der Waals surface area contributed by atoms with Crippen LogP contribution in [0.4, 0.5) is 17.6 Å². The van der Waals surface area contributed by atoms with E-state index in [0.717, 1.165) is 22.9 Å². The van der Waals surface area contributed by atoms with Crippen LogP contribution in [0, 0.1) is 0 Å². The molecule has 9 nitrogen and oxygen atoms in total. The van der Waals surface area contributed by atoms with Gasteiger partial charge in [-0.3, -0.25) is 4.99 Å². The number of hydrogen-bond acceptors (Lipinski definition) is 9. The number of hydrogen-bond donors (Lipinski definition) is 3. The Morgan fingerprint density at radius 3 is 2.78 bits per heavy atom. The summed E-state index contributed by atoms with van der Waals surface area (Å²) in [4.78, 5) is 20.4. The number of rotatable bonds is 8. The highest BCUT2D eigenvalue weighted by Crippen LogP contribution is 2.43. The van der Waals surface area contributed by atoms with Gasteiger partial charge in [0.15, 0.2) is 0 Å². The smallest absolute Gasteiger partial charge is 0.229 e. The molecule has 0 amide bonds. The first-order valence-corrected chi connectivity index (χ1v) is 10.7.